The summed E-state index contributed by atoms with van der Waals surface area (Å²) >= 11 is 0. The van der Waals surface area contributed by atoms with Gasteiger partial charge in [0.1, 0.15) is 12.3 Å². The Labute approximate surface area is 221 Å². The smallest absolute Gasteiger partial charge is 0.327 e. The lowest BCUT2D eigenvalue weighted by molar-refractivity contribution is -0.144. The van der Waals surface area contributed by atoms with E-state index in [0.29, 0.717) is 30.9 Å². The van der Waals surface area contributed by atoms with Gasteiger partial charge in [-0.05, 0) is 77.9 Å². The van der Waals surface area contributed by atoms with Crippen LogP contribution in [0.2, 0.25) is 0 Å². The molecule has 0 spiro atoms. The number of tetrazole rings is 1. The highest BCUT2D eigenvalue weighted by atomic mass is 16.5. The van der Waals surface area contributed by atoms with Gasteiger partial charge < -0.3 is 14.5 Å². The Hall–Kier alpha value is -4.05. The molecule has 4 aromatic rings. The van der Waals surface area contributed by atoms with E-state index in [1.807, 2.05) is 57.2 Å². The number of esters is 1. The van der Waals surface area contributed by atoms with Gasteiger partial charge in [0, 0.05) is 18.7 Å². The van der Waals surface area contributed by atoms with Crippen molar-refractivity contribution >= 4 is 16.9 Å². The van der Waals surface area contributed by atoms with Crippen molar-refractivity contribution in [3.8, 4) is 5.75 Å². The Morgan fingerprint density at radius 3 is 2.55 bits per heavy atom. The lowest BCUT2D eigenvalue weighted by atomic mass is 10.0. The first-order valence-electron chi connectivity index (χ1n) is 12.7. The Morgan fingerprint density at radius 1 is 1.11 bits per heavy atom. The van der Waals surface area contributed by atoms with Crippen LogP contribution in [0, 0.1) is 13.8 Å². The standard InChI is InChI=1S/C28H34N6O4/c1-6-24(27-30-31-32-34(27)17-25(35)38-7-2)33(15-20-9-12-23(37-5)13-10-20)16-22-14-21-11-8-18(3)19(4)26(21)29-28(22)36/h8-14,24H,6-7,15-17H2,1-5H3,(H,29,36)/t24-/m0/s1. The third kappa shape index (κ3) is 5.91. The number of H-pyrrole nitrogens is 1. The second kappa shape index (κ2) is 12.0. The molecule has 2 aromatic carbocycles. The predicted octanol–water partition coefficient (Wildman–Crippen LogP) is 3.86. The van der Waals surface area contributed by atoms with Crippen molar-refractivity contribution < 1.29 is 14.3 Å². The summed E-state index contributed by atoms with van der Waals surface area (Å²) in [5, 5.41) is 13.1. The molecule has 0 aliphatic rings. The third-order valence-electron chi connectivity index (χ3n) is 6.82. The van der Waals surface area contributed by atoms with Crippen LogP contribution in [0.1, 0.15) is 54.4 Å². The predicted molar refractivity (Wildman–Crippen MR) is 144 cm³/mol. The Bertz CT molecular complexity index is 1460. The largest absolute Gasteiger partial charge is 0.497 e. The topological polar surface area (TPSA) is 115 Å². The number of hydrogen-bond donors (Lipinski definition) is 1. The molecule has 0 unspecified atom stereocenters. The van der Waals surface area contributed by atoms with Gasteiger partial charge in [-0.1, -0.05) is 31.2 Å². The molecule has 4 rings (SSSR count). The van der Waals surface area contributed by atoms with Gasteiger partial charge in [0.15, 0.2) is 5.82 Å². The van der Waals surface area contributed by atoms with Crippen LogP contribution in [0.25, 0.3) is 10.9 Å². The molecular formula is C28H34N6O4. The van der Waals surface area contributed by atoms with E-state index >= 15 is 0 Å². The van der Waals surface area contributed by atoms with E-state index in [2.05, 4.69) is 31.5 Å². The van der Waals surface area contributed by atoms with Gasteiger partial charge >= 0.3 is 5.97 Å². The van der Waals surface area contributed by atoms with Gasteiger partial charge in [-0.2, -0.15) is 0 Å². The molecule has 0 saturated heterocycles. The van der Waals surface area contributed by atoms with Gasteiger partial charge in [-0.15, -0.1) is 5.10 Å². The van der Waals surface area contributed by atoms with Gasteiger partial charge in [0.2, 0.25) is 0 Å². The molecule has 200 valence electrons. The Balaban J connectivity index is 1.73. The first-order valence-corrected chi connectivity index (χ1v) is 12.7. The number of aromatic nitrogens is 5. The number of nitrogens with one attached hydrogen (secondary N) is 1. The highest BCUT2D eigenvalue weighted by molar-refractivity contribution is 5.83. The van der Waals surface area contributed by atoms with Crippen molar-refractivity contribution in [1.29, 1.82) is 0 Å². The number of fused-ring (bicyclic) bond motifs is 1. The van der Waals surface area contributed by atoms with Crippen molar-refractivity contribution in [1.82, 2.24) is 30.1 Å². The van der Waals surface area contributed by atoms with Gasteiger partial charge in [0.05, 0.1) is 25.3 Å². The van der Waals surface area contributed by atoms with Gasteiger partial charge in [-0.25, -0.2) is 4.68 Å². The highest BCUT2D eigenvalue weighted by Gasteiger charge is 2.27. The third-order valence-corrected chi connectivity index (χ3v) is 6.82. The van der Waals surface area contributed by atoms with E-state index in [1.54, 1.807) is 14.0 Å². The minimum absolute atomic E-state index is 0.0851. The van der Waals surface area contributed by atoms with E-state index in [4.69, 9.17) is 9.47 Å². The lowest BCUT2D eigenvalue weighted by Crippen LogP contribution is -2.33. The number of benzene rings is 2. The molecular weight excluding hydrogens is 484 g/mol. The van der Waals surface area contributed by atoms with Crippen molar-refractivity contribution in [2.45, 2.75) is 59.8 Å². The number of methoxy groups -OCH3 is 1. The van der Waals surface area contributed by atoms with E-state index < -0.39 is 5.97 Å². The SMILES string of the molecule is CCOC(=O)Cn1nnnc1[C@H](CC)N(Cc1ccc(OC)cc1)Cc1cc2ccc(C)c(C)c2[nH]c1=O. The molecule has 1 N–H and O–H groups in total. The number of hydrogen-bond acceptors (Lipinski definition) is 8. The summed E-state index contributed by atoms with van der Waals surface area (Å²) in [6.07, 6.45) is 0.656. The van der Waals surface area contributed by atoms with Crippen molar-refractivity contribution in [2.24, 2.45) is 0 Å². The number of ether oxygens (including phenoxy) is 2. The summed E-state index contributed by atoms with van der Waals surface area (Å²) in [5.74, 6) is 0.898. The van der Waals surface area contributed by atoms with Crippen molar-refractivity contribution in [3.63, 3.8) is 0 Å². The molecule has 38 heavy (non-hydrogen) atoms. The van der Waals surface area contributed by atoms with Crippen LogP contribution in [-0.2, 0) is 29.2 Å². The number of nitrogens with zero attached hydrogens (tertiary/aromatic N) is 5. The zero-order valence-electron chi connectivity index (χ0n) is 22.5. The fraction of sp³-hybridized carbons (Fsp3) is 0.393. The van der Waals surface area contributed by atoms with Gasteiger partial charge in [0.25, 0.3) is 5.56 Å². The molecule has 1 atom stereocenters. The second-order valence-electron chi connectivity index (χ2n) is 9.27. The fourth-order valence-corrected chi connectivity index (χ4v) is 4.64. The average Bonchev–Trinajstić information content (AvgIpc) is 3.35. The average molecular weight is 519 g/mol. The number of aryl methyl sites for hydroxylation is 2. The summed E-state index contributed by atoms with van der Waals surface area (Å²) < 4.78 is 11.9. The lowest BCUT2D eigenvalue weighted by Gasteiger charge is -2.30. The summed E-state index contributed by atoms with van der Waals surface area (Å²) in [5.41, 5.74) is 4.58. The van der Waals surface area contributed by atoms with Crippen molar-refractivity contribution in [2.75, 3.05) is 13.7 Å². The molecule has 0 amide bonds. The first-order chi connectivity index (χ1) is 18.3. The Kier molecular flexibility index (Phi) is 8.52. The van der Waals surface area contributed by atoms with Crippen LogP contribution in [0.3, 0.4) is 0 Å². The van der Waals surface area contributed by atoms with Crippen LogP contribution < -0.4 is 10.3 Å². The summed E-state index contributed by atoms with van der Waals surface area (Å²) in [6.45, 7) is 8.91. The quantitative estimate of drug-likeness (QED) is 0.298. The maximum absolute atomic E-state index is 13.2. The summed E-state index contributed by atoms with van der Waals surface area (Å²) in [4.78, 5) is 30.7. The molecule has 2 heterocycles. The van der Waals surface area contributed by atoms with E-state index in [-0.39, 0.29) is 24.8 Å². The number of pyridine rings is 1. The molecule has 10 heteroatoms. The molecule has 0 aliphatic carbocycles. The number of aromatic amines is 1. The normalized spacial score (nSPS) is 12.2. The van der Waals surface area contributed by atoms with Crippen LogP contribution in [0.5, 0.6) is 5.75 Å². The van der Waals surface area contributed by atoms with Crippen molar-refractivity contribution in [3.05, 3.63) is 80.9 Å². The first kappa shape index (κ1) is 27.0. The molecule has 10 nitrogen and oxygen atoms in total. The van der Waals surface area contributed by atoms with Crippen LogP contribution in [0.4, 0.5) is 0 Å². The molecule has 2 aromatic heterocycles. The molecule has 0 radical (unpaired) electrons. The monoisotopic (exact) mass is 518 g/mol. The van der Waals surface area contributed by atoms with Crippen LogP contribution in [0.15, 0.2) is 47.3 Å². The molecule has 0 fully saturated rings. The van der Waals surface area contributed by atoms with Crippen LogP contribution in [-0.4, -0.2) is 49.8 Å². The van der Waals surface area contributed by atoms with E-state index in [1.165, 1.54) is 4.68 Å². The Morgan fingerprint density at radius 2 is 1.87 bits per heavy atom. The number of rotatable bonds is 11. The molecule has 0 bridgehead atoms. The fourth-order valence-electron chi connectivity index (χ4n) is 4.64. The number of carbonyl (C=O) groups is 1. The molecule has 0 saturated carbocycles. The van der Waals surface area contributed by atoms with Gasteiger partial charge in [-0.3, -0.25) is 14.5 Å². The maximum Gasteiger partial charge on any atom is 0.327 e. The highest BCUT2D eigenvalue weighted by Crippen LogP contribution is 2.27. The maximum atomic E-state index is 13.2. The number of carbonyl (C=O) groups excluding carboxylic acids is 1. The zero-order chi connectivity index (χ0) is 27.2. The summed E-state index contributed by atoms with van der Waals surface area (Å²) in [6, 6.07) is 13.6. The zero-order valence-corrected chi connectivity index (χ0v) is 22.5. The minimum Gasteiger partial charge on any atom is -0.497 e. The van der Waals surface area contributed by atoms with Crippen LogP contribution >= 0.6 is 0 Å². The second-order valence-corrected chi connectivity index (χ2v) is 9.27. The van der Waals surface area contributed by atoms with E-state index in [9.17, 15) is 9.59 Å². The summed E-state index contributed by atoms with van der Waals surface area (Å²) in [7, 11) is 1.63. The van der Waals surface area contributed by atoms with E-state index in [0.717, 1.165) is 33.3 Å². The molecule has 0 aliphatic heterocycles. The minimum atomic E-state index is -0.408.